The van der Waals surface area contributed by atoms with Crippen LogP contribution in [0.2, 0.25) is 0 Å². The van der Waals surface area contributed by atoms with Crippen molar-refractivity contribution >= 4 is 0 Å². The molecule has 16 heavy (non-hydrogen) atoms. The zero-order chi connectivity index (χ0) is 11.4. The highest BCUT2D eigenvalue weighted by Gasteiger charge is 2.16. The summed E-state index contributed by atoms with van der Waals surface area (Å²) in [4.78, 5) is 0. The van der Waals surface area contributed by atoms with Gasteiger partial charge in [-0.1, -0.05) is 6.92 Å². The molecule has 86 valence electrons. The van der Waals surface area contributed by atoms with Gasteiger partial charge in [-0.2, -0.15) is 0 Å². The Balaban J connectivity index is 2.16. The number of aryl methyl sites for hydroxylation is 1. The summed E-state index contributed by atoms with van der Waals surface area (Å²) in [6.07, 6.45) is 7.09. The molecular formula is C13H17NO2. The van der Waals surface area contributed by atoms with Gasteiger partial charge in [0.05, 0.1) is 18.8 Å². The summed E-state index contributed by atoms with van der Waals surface area (Å²) < 4.78 is 10.5. The quantitative estimate of drug-likeness (QED) is 0.840. The van der Waals surface area contributed by atoms with Crippen molar-refractivity contribution in [3.8, 4) is 0 Å². The zero-order valence-electron chi connectivity index (χ0n) is 9.69. The number of likely N-dealkylation sites (N-methyl/N-ethyl adjacent to an activating group) is 1. The summed E-state index contributed by atoms with van der Waals surface area (Å²) in [7, 11) is 1.97. The van der Waals surface area contributed by atoms with Gasteiger partial charge in [0.15, 0.2) is 0 Å². The maximum Gasteiger partial charge on any atom is 0.108 e. The summed E-state index contributed by atoms with van der Waals surface area (Å²) in [6, 6.07) is 4.32. The molecule has 0 saturated carbocycles. The average Bonchev–Trinajstić information content (AvgIpc) is 2.96. The van der Waals surface area contributed by atoms with E-state index in [9.17, 15) is 0 Å². The lowest BCUT2D eigenvalue weighted by atomic mass is 10.0. The van der Waals surface area contributed by atoms with Crippen LogP contribution in [0.15, 0.2) is 39.8 Å². The smallest absolute Gasteiger partial charge is 0.108 e. The van der Waals surface area contributed by atoms with Crippen LogP contribution < -0.4 is 5.32 Å². The summed E-state index contributed by atoms with van der Waals surface area (Å²) in [5, 5.41) is 3.32. The van der Waals surface area contributed by atoms with Gasteiger partial charge in [-0.25, -0.2) is 0 Å². The van der Waals surface area contributed by atoms with Crippen molar-refractivity contribution in [1.82, 2.24) is 5.32 Å². The van der Waals surface area contributed by atoms with Crippen LogP contribution in [0.4, 0.5) is 0 Å². The highest BCUT2D eigenvalue weighted by molar-refractivity contribution is 5.24. The Bertz CT molecular complexity index is 417. The molecule has 0 radical (unpaired) electrons. The SMILES string of the molecule is CCc1occc1C(Cc1ccoc1)NC. The number of rotatable bonds is 5. The van der Waals surface area contributed by atoms with Crippen molar-refractivity contribution < 1.29 is 8.83 Å². The monoisotopic (exact) mass is 219 g/mol. The number of hydrogen-bond acceptors (Lipinski definition) is 3. The molecule has 2 aromatic heterocycles. The van der Waals surface area contributed by atoms with Gasteiger partial charge in [-0.05, 0) is 31.2 Å². The molecule has 0 bridgehead atoms. The third-order valence-corrected chi connectivity index (χ3v) is 2.84. The number of furan rings is 2. The van der Waals surface area contributed by atoms with Gasteiger partial charge in [-0.3, -0.25) is 0 Å². The van der Waals surface area contributed by atoms with E-state index in [1.54, 1.807) is 18.8 Å². The van der Waals surface area contributed by atoms with E-state index < -0.39 is 0 Å². The number of hydrogen-bond donors (Lipinski definition) is 1. The fourth-order valence-electron chi connectivity index (χ4n) is 1.96. The Morgan fingerprint density at radius 2 is 2.19 bits per heavy atom. The summed E-state index contributed by atoms with van der Waals surface area (Å²) >= 11 is 0. The van der Waals surface area contributed by atoms with E-state index in [-0.39, 0.29) is 6.04 Å². The van der Waals surface area contributed by atoms with Crippen LogP contribution in [-0.2, 0) is 12.8 Å². The van der Waals surface area contributed by atoms with Crippen molar-refractivity contribution in [3.63, 3.8) is 0 Å². The van der Waals surface area contributed by atoms with Gasteiger partial charge in [-0.15, -0.1) is 0 Å². The van der Waals surface area contributed by atoms with E-state index in [4.69, 9.17) is 8.83 Å². The van der Waals surface area contributed by atoms with E-state index in [2.05, 4.69) is 12.2 Å². The van der Waals surface area contributed by atoms with Crippen molar-refractivity contribution in [1.29, 1.82) is 0 Å². The minimum absolute atomic E-state index is 0.284. The van der Waals surface area contributed by atoms with Crippen molar-refractivity contribution in [3.05, 3.63) is 47.8 Å². The van der Waals surface area contributed by atoms with Crippen LogP contribution in [0.25, 0.3) is 0 Å². The van der Waals surface area contributed by atoms with Crippen LogP contribution in [0.5, 0.6) is 0 Å². The Labute approximate surface area is 95.5 Å². The second-order valence-corrected chi connectivity index (χ2v) is 3.83. The molecule has 2 heterocycles. The lowest BCUT2D eigenvalue weighted by Crippen LogP contribution is -2.19. The number of nitrogens with one attached hydrogen (secondary N) is 1. The first-order valence-electron chi connectivity index (χ1n) is 5.59. The van der Waals surface area contributed by atoms with E-state index in [0.29, 0.717) is 0 Å². The Morgan fingerprint density at radius 3 is 2.81 bits per heavy atom. The van der Waals surface area contributed by atoms with E-state index >= 15 is 0 Å². The van der Waals surface area contributed by atoms with Crippen LogP contribution >= 0.6 is 0 Å². The average molecular weight is 219 g/mol. The topological polar surface area (TPSA) is 38.3 Å². The predicted octanol–water partition coefficient (Wildman–Crippen LogP) is 2.94. The fourth-order valence-corrected chi connectivity index (χ4v) is 1.96. The zero-order valence-corrected chi connectivity index (χ0v) is 9.69. The maximum atomic E-state index is 5.45. The van der Waals surface area contributed by atoms with Gasteiger partial charge in [0.25, 0.3) is 0 Å². The summed E-state index contributed by atoms with van der Waals surface area (Å²) in [5.74, 6) is 1.06. The third kappa shape index (κ3) is 2.19. The standard InChI is InChI=1S/C13H17NO2/c1-3-13-11(5-7-16-13)12(14-2)8-10-4-6-15-9-10/h4-7,9,12,14H,3,8H2,1-2H3. The molecule has 0 aliphatic heterocycles. The summed E-state index contributed by atoms with van der Waals surface area (Å²) in [6.45, 7) is 2.10. The van der Waals surface area contributed by atoms with Gasteiger partial charge in [0.1, 0.15) is 5.76 Å². The molecule has 3 heteroatoms. The van der Waals surface area contributed by atoms with E-state index in [0.717, 1.165) is 18.6 Å². The molecule has 2 aromatic rings. The van der Waals surface area contributed by atoms with Crippen LogP contribution in [-0.4, -0.2) is 7.05 Å². The molecule has 0 amide bonds. The molecule has 0 spiro atoms. The molecular weight excluding hydrogens is 202 g/mol. The molecule has 1 unspecified atom stereocenters. The second kappa shape index (κ2) is 5.03. The minimum Gasteiger partial charge on any atom is -0.472 e. The lowest BCUT2D eigenvalue weighted by molar-refractivity contribution is 0.494. The minimum atomic E-state index is 0.284. The fraction of sp³-hybridized carbons (Fsp3) is 0.385. The molecule has 1 atom stereocenters. The third-order valence-electron chi connectivity index (χ3n) is 2.84. The van der Waals surface area contributed by atoms with Crippen LogP contribution in [0, 0.1) is 0 Å². The van der Waals surface area contributed by atoms with Crippen molar-refractivity contribution in [2.75, 3.05) is 7.05 Å². The van der Waals surface area contributed by atoms with Crippen LogP contribution in [0.3, 0.4) is 0 Å². The van der Waals surface area contributed by atoms with Gasteiger partial charge in [0, 0.05) is 18.0 Å². The van der Waals surface area contributed by atoms with E-state index in [1.165, 1.54) is 11.1 Å². The molecule has 3 nitrogen and oxygen atoms in total. The molecule has 0 fully saturated rings. The predicted molar refractivity (Wildman–Crippen MR) is 62.3 cm³/mol. The largest absolute Gasteiger partial charge is 0.472 e. The van der Waals surface area contributed by atoms with Crippen LogP contribution in [0.1, 0.15) is 29.9 Å². The normalized spacial score (nSPS) is 12.9. The Hall–Kier alpha value is -1.48. The lowest BCUT2D eigenvalue weighted by Gasteiger charge is -2.14. The Kier molecular flexibility index (Phi) is 3.47. The first-order chi connectivity index (χ1) is 7.85. The Morgan fingerprint density at radius 1 is 1.31 bits per heavy atom. The molecule has 1 N–H and O–H groups in total. The molecule has 0 aromatic carbocycles. The van der Waals surface area contributed by atoms with Crippen molar-refractivity contribution in [2.45, 2.75) is 25.8 Å². The highest BCUT2D eigenvalue weighted by atomic mass is 16.3. The molecule has 0 saturated heterocycles. The van der Waals surface area contributed by atoms with Crippen molar-refractivity contribution in [2.24, 2.45) is 0 Å². The second-order valence-electron chi connectivity index (χ2n) is 3.83. The molecule has 0 aliphatic rings. The highest BCUT2D eigenvalue weighted by Crippen LogP contribution is 2.23. The van der Waals surface area contributed by atoms with E-state index in [1.807, 2.05) is 19.2 Å². The molecule has 2 rings (SSSR count). The van der Waals surface area contributed by atoms with Gasteiger partial charge in [0.2, 0.25) is 0 Å². The summed E-state index contributed by atoms with van der Waals surface area (Å²) in [5.41, 5.74) is 2.44. The molecule has 0 aliphatic carbocycles. The van der Waals surface area contributed by atoms with Gasteiger partial charge < -0.3 is 14.2 Å². The van der Waals surface area contributed by atoms with Gasteiger partial charge >= 0.3 is 0 Å². The first-order valence-corrected chi connectivity index (χ1v) is 5.59. The first kappa shape index (κ1) is 11.0. The maximum absolute atomic E-state index is 5.45.